The fourth-order valence-corrected chi connectivity index (χ4v) is 2.03. The topological polar surface area (TPSA) is 74.2 Å². The van der Waals surface area contributed by atoms with E-state index in [1.54, 1.807) is 31.4 Å². The third kappa shape index (κ3) is 3.76. The second-order valence-electron chi connectivity index (χ2n) is 4.75. The van der Waals surface area contributed by atoms with E-state index in [1.165, 1.54) is 0 Å². The fourth-order valence-electron chi connectivity index (χ4n) is 2.03. The number of para-hydroxylation sites is 2. The van der Waals surface area contributed by atoms with Crippen LogP contribution in [0.1, 0.15) is 24.1 Å². The summed E-state index contributed by atoms with van der Waals surface area (Å²) in [5.74, 6) is 0.601. The molecule has 22 heavy (non-hydrogen) atoms. The normalized spacial score (nSPS) is 11.1. The Morgan fingerprint density at radius 1 is 1.18 bits per heavy atom. The number of hydrogen-bond donors (Lipinski definition) is 2. The smallest absolute Gasteiger partial charge is 0.319 e. The lowest BCUT2D eigenvalue weighted by Crippen LogP contribution is -2.31. The van der Waals surface area contributed by atoms with Crippen LogP contribution in [0.15, 0.2) is 48.5 Å². The predicted molar refractivity (Wildman–Crippen MR) is 84.7 cm³/mol. The maximum absolute atomic E-state index is 12.1. The van der Waals surface area contributed by atoms with Crippen molar-refractivity contribution in [3.63, 3.8) is 0 Å². The Morgan fingerprint density at radius 3 is 2.50 bits per heavy atom. The van der Waals surface area contributed by atoms with Gasteiger partial charge >= 0.3 is 6.03 Å². The van der Waals surface area contributed by atoms with E-state index in [9.17, 15) is 4.79 Å². The average Bonchev–Trinajstić information content (AvgIpc) is 2.55. The van der Waals surface area contributed by atoms with Crippen LogP contribution in [0.25, 0.3) is 0 Å². The molecule has 0 bridgehead atoms. The Hall–Kier alpha value is -3.00. The van der Waals surface area contributed by atoms with Crippen LogP contribution < -0.4 is 15.4 Å². The molecule has 2 aromatic carbocycles. The first kappa shape index (κ1) is 15.4. The first-order valence-corrected chi connectivity index (χ1v) is 6.84. The highest BCUT2D eigenvalue weighted by Gasteiger charge is 2.11. The number of rotatable bonds is 4. The van der Waals surface area contributed by atoms with Crippen LogP contribution in [0.2, 0.25) is 0 Å². The number of nitriles is 1. The van der Waals surface area contributed by atoms with Crippen LogP contribution in [0.5, 0.6) is 5.75 Å². The van der Waals surface area contributed by atoms with Crippen molar-refractivity contribution in [3.05, 3.63) is 59.7 Å². The maximum atomic E-state index is 12.1. The highest BCUT2D eigenvalue weighted by Crippen LogP contribution is 2.23. The minimum atomic E-state index is -0.318. The molecular formula is C17H17N3O2. The maximum Gasteiger partial charge on any atom is 0.319 e. The molecule has 0 unspecified atom stereocenters. The number of urea groups is 1. The van der Waals surface area contributed by atoms with Crippen LogP contribution in [0.4, 0.5) is 10.5 Å². The van der Waals surface area contributed by atoms with Crippen LogP contribution in [-0.4, -0.2) is 13.1 Å². The van der Waals surface area contributed by atoms with Crippen molar-refractivity contribution in [1.82, 2.24) is 5.32 Å². The van der Waals surface area contributed by atoms with E-state index < -0.39 is 0 Å². The summed E-state index contributed by atoms with van der Waals surface area (Å²) in [6.45, 7) is 1.88. The molecule has 0 spiro atoms. The van der Waals surface area contributed by atoms with E-state index in [0.717, 1.165) is 5.56 Å². The van der Waals surface area contributed by atoms with Crippen molar-refractivity contribution in [2.24, 2.45) is 0 Å². The molecule has 0 aliphatic carbocycles. The fraction of sp³-hybridized carbons (Fsp3) is 0.176. The van der Waals surface area contributed by atoms with E-state index in [2.05, 4.69) is 16.7 Å². The number of ether oxygens (including phenoxy) is 1. The van der Waals surface area contributed by atoms with Gasteiger partial charge in [0.25, 0.3) is 0 Å². The van der Waals surface area contributed by atoms with Gasteiger partial charge in [0.15, 0.2) is 0 Å². The van der Waals surface area contributed by atoms with Crippen molar-refractivity contribution < 1.29 is 9.53 Å². The van der Waals surface area contributed by atoms with Gasteiger partial charge in [0, 0.05) is 0 Å². The number of anilines is 1. The van der Waals surface area contributed by atoms with Gasteiger partial charge in [-0.25, -0.2) is 4.79 Å². The Kier molecular flexibility index (Phi) is 4.99. The van der Waals surface area contributed by atoms with E-state index in [4.69, 9.17) is 10.00 Å². The summed E-state index contributed by atoms with van der Waals surface area (Å²) in [6.07, 6.45) is 0. The summed E-state index contributed by atoms with van der Waals surface area (Å²) in [6, 6.07) is 15.9. The van der Waals surface area contributed by atoms with E-state index in [1.807, 2.05) is 31.2 Å². The van der Waals surface area contributed by atoms with Crippen molar-refractivity contribution in [3.8, 4) is 11.8 Å². The summed E-state index contributed by atoms with van der Waals surface area (Å²) in [5, 5.41) is 14.4. The minimum Gasteiger partial charge on any atom is -0.495 e. The Balaban J connectivity index is 2.00. The number of carbonyl (C=O) groups is 1. The zero-order valence-electron chi connectivity index (χ0n) is 12.5. The second-order valence-corrected chi connectivity index (χ2v) is 4.75. The molecule has 0 saturated carbocycles. The van der Waals surface area contributed by atoms with E-state index >= 15 is 0 Å². The van der Waals surface area contributed by atoms with Crippen molar-refractivity contribution in [2.45, 2.75) is 13.0 Å². The zero-order chi connectivity index (χ0) is 15.9. The Labute approximate surface area is 129 Å². The lowest BCUT2D eigenvalue weighted by Gasteiger charge is -2.16. The standard InChI is InChI=1S/C17H17N3O2/c1-12(14-9-7-13(11-18)8-10-14)19-17(21)20-15-5-3-4-6-16(15)22-2/h3-10,12H,1-2H3,(H2,19,20,21)/t12-/m0/s1. The third-order valence-corrected chi connectivity index (χ3v) is 3.24. The molecule has 0 aromatic heterocycles. The molecule has 2 rings (SSSR count). The quantitative estimate of drug-likeness (QED) is 0.907. The van der Waals surface area contributed by atoms with Crippen LogP contribution >= 0.6 is 0 Å². The number of nitrogens with one attached hydrogen (secondary N) is 2. The van der Waals surface area contributed by atoms with E-state index in [0.29, 0.717) is 17.0 Å². The summed E-state index contributed by atoms with van der Waals surface area (Å²) in [4.78, 5) is 12.1. The van der Waals surface area contributed by atoms with Gasteiger partial charge < -0.3 is 15.4 Å². The minimum absolute atomic E-state index is 0.178. The summed E-state index contributed by atoms with van der Waals surface area (Å²) in [7, 11) is 1.55. The van der Waals surface area contributed by atoms with Gasteiger partial charge in [0.1, 0.15) is 5.75 Å². The molecule has 2 aromatic rings. The molecular weight excluding hydrogens is 278 g/mol. The van der Waals surface area contributed by atoms with Gasteiger partial charge in [0.05, 0.1) is 30.5 Å². The molecule has 2 N–H and O–H groups in total. The number of nitrogens with zero attached hydrogens (tertiary/aromatic N) is 1. The van der Waals surface area contributed by atoms with Crippen molar-refractivity contribution >= 4 is 11.7 Å². The zero-order valence-corrected chi connectivity index (χ0v) is 12.5. The summed E-state index contributed by atoms with van der Waals surface area (Å²) >= 11 is 0. The highest BCUT2D eigenvalue weighted by atomic mass is 16.5. The van der Waals surface area contributed by atoms with Gasteiger partial charge in [-0.15, -0.1) is 0 Å². The monoisotopic (exact) mass is 295 g/mol. The average molecular weight is 295 g/mol. The lowest BCUT2D eigenvalue weighted by molar-refractivity contribution is 0.249. The third-order valence-electron chi connectivity index (χ3n) is 3.24. The molecule has 0 saturated heterocycles. The van der Waals surface area contributed by atoms with Gasteiger partial charge in [-0.05, 0) is 36.8 Å². The molecule has 0 aliphatic heterocycles. The molecule has 1 atom stereocenters. The molecule has 2 amide bonds. The number of carbonyl (C=O) groups excluding carboxylic acids is 1. The summed E-state index contributed by atoms with van der Waals surface area (Å²) < 4.78 is 5.19. The van der Waals surface area contributed by atoms with Crippen molar-refractivity contribution in [2.75, 3.05) is 12.4 Å². The largest absolute Gasteiger partial charge is 0.495 e. The molecule has 0 aliphatic rings. The number of benzene rings is 2. The van der Waals surface area contributed by atoms with Gasteiger partial charge in [-0.2, -0.15) is 5.26 Å². The van der Waals surface area contributed by atoms with Gasteiger partial charge in [0.2, 0.25) is 0 Å². The molecule has 0 heterocycles. The second kappa shape index (κ2) is 7.14. The van der Waals surface area contributed by atoms with Gasteiger partial charge in [-0.3, -0.25) is 0 Å². The van der Waals surface area contributed by atoms with Crippen LogP contribution in [0, 0.1) is 11.3 Å². The number of amides is 2. The lowest BCUT2D eigenvalue weighted by atomic mass is 10.1. The van der Waals surface area contributed by atoms with Crippen LogP contribution in [0.3, 0.4) is 0 Å². The Bertz CT molecular complexity index is 690. The molecule has 112 valence electrons. The SMILES string of the molecule is COc1ccccc1NC(=O)N[C@@H](C)c1ccc(C#N)cc1. The molecule has 0 radical (unpaired) electrons. The first-order valence-electron chi connectivity index (χ1n) is 6.84. The van der Waals surface area contributed by atoms with E-state index in [-0.39, 0.29) is 12.1 Å². The van der Waals surface area contributed by atoms with Crippen molar-refractivity contribution in [1.29, 1.82) is 5.26 Å². The predicted octanol–water partition coefficient (Wildman–Crippen LogP) is 3.45. The van der Waals surface area contributed by atoms with Crippen LogP contribution in [-0.2, 0) is 0 Å². The molecule has 5 heteroatoms. The summed E-state index contributed by atoms with van der Waals surface area (Å²) in [5.41, 5.74) is 2.12. The molecule has 0 fully saturated rings. The first-order chi connectivity index (χ1) is 10.6. The van der Waals surface area contributed by atoms with Gasteiger partial charge in [-0.1, -0.05) is 24.3 Å². The number of hydrogen-bond acceptors (Lipinski definition) is 3. The highest BCUT2D eigenvalue weighted by molar-refractivity contribution is 5.91. The Morgan fingerprint density at radius 2 is 1.86 bits per heavy atom. The number of methoxy groups -OCH3 is 1. The molecule has 5 nitrogen and oxygen atoms in total.